The number of nitrogens with zero attached hydrogens (tertiary/aromatic N) is 4. The minimum Gasteiger partial charge on any atom is -0.493 e. The van der Waals surface area contributed by atoms with Gasteiger partial charge in [0.05, 0.1) is 25.7 Å². The average Bonchev–Trinajstić information content (AvgIpc) is 3.00. The molecule has 3 heterocycles. The lowest BCUT2D eigenvalue weighted by Crippen LogP contribution is -2.53. The molecular formula is C33H50FN5O4. The second-order valence-corrected chi connectivity index (χ2v) is 12.2. The molecule has 0 bridgehead atoms. The van der Waals surface area contributed by atoms with Gasteiger partial charge in [-0.25, -0.2) is 14.4 Å². The van der Waals surface area contributed by atoms with Gasteiger partial charge >= 0.3 is 0 Å². The molecule has 1 aromatic heterocycles. The van der Waals surface area contributed by atoms with Gasteiger partial charge in [0, 0.05) is 57.1 Å². The van der Waals surface area contributed by atoms with E-state index in [4.69, 9.17) is 9.84 Å². The molecule has 0 radical (unpaired) electrons. The van der Waals surface area contributed by atoms with Crippen molar-refractivity contribution in [1.82, 2.24) is 20.2 Å². The number of hydrogen-bond donors (Lipinski definition) is 3. The number of aliphatic hydroxyl groups excluding tert-OH is 2. The Morgan fingerprint density at radius 2 is 1.91 bits per heavy atom. The monoisotopic (exact) mass is 599 g/mol. The summed E-state index contributed by atoms with van der Waals surface area (Å²) in [6.07, 6.45) is 12.1. The molecule has 9 nitrogen and oxygen atoms in total. The maximum Gasteiger partial charge on any atom is 0.227 e. The Balaban J connectivity index is 1.06. The van der Waals surface area contributed by atoms with Gasteiger partial charge in [-0.15, -0.1) is 0 Å². The van der Waals surface area contributed by atoms with Gasteiger partial charge in [0.15, 0.2) is 0 Å². The van der Waals surface area contributed by atoms with Crippen LogP contribution >= 0.6 is 0 Å². The predicted octanol–water partition coefficient (Wildman–Crippen LogP) is 3.76. The second kappa shape index (κ2) is 17.5. The van der Waals surface area contributed by atoms with E-state index in [0.29, 0.717) is 49.3 Å². The van der Waals surface area contributed by atoms with Crippen LogP contribution in [0.3, 0.4) is 0 Å². The zero-order valence-corrected chi connectivity index (χ0v) is 25.7. The summed E-state index contributed by atoms with van der Waals surface area (Å²) in [5.74, 6) is 1.96. The molecule has 2 fully saturated rings. The highest BCUT2D eigenvalue weighted by molar-refractivity contribution is 5.79. The van der Waals surface area contributed by atoms with Crippen molar-refractivity contribution in [1.29, 1.82) is 0 Å². The van der Waals surface area contributed by atoms with Crippen LogP contribution in [-0.2, 0) is 17.6 Å². The number of amides is 1. The third kappa shape index (κ3) is 10.7. The first kappa shape index (κ1) is 33.1. The van der Waals surface area contributed by atoms with Gasteiger partial charge in [-0.05, 0) is 81.0 Å². The van der Waals surface area contributed by atoms with E-state index in [-0.39, 0.29) is 18.9 Å². The van der Waals surface area contributed by atoms with E-state index in [1.807, 2.05) is 12.4 Å². The van der Waals surface area contributed by atoms with Crippen molar-refractivity contribution in [2.75, 3.05) is 57.4 Å². The fraction of sp³-hybridized carbons (Fsp3) is 0.667. The van der Waals surface area contributed by atoms with E-state index in [1.54, 1.807) is 17.0 Å². The highest BCUT2D eigenvalue weighted by Gasteiger charge is 2.30. The molecule has 10 heteroatoms. The lowest BCUT2D eigenvalue weighted by atomic mass is 9.92. The first-order chi connectivity index (χ1) is 20.9. The fourth-order valence-corrected chi connectivity index (χ4v) is 5.88. The number of halogens is 1. The van der Waals surface area contributed by atoms with E-state index >= 15 is 0 Å². The highest BCUT2D eigenvalue weighted by atomic mass is 19.1. The first-order valence-electron chi connectivity index (χ1n) is 16.2. The SMILES string of the molecule is CCCc1cnc(N2CCC(CCCOc3ccc(CC(=O)N4CC(CNCCCC[C@H](O)CO)C4)c(F)c3)CC2)nc1. The molecule has 2 saturated heterocycles. The molecule has 238 valence electrons. The molecule has 1 aromatic carbocycles. The van der Waals surface area contributed by atoms with E-state index in [9.17, 15) is 14.3 Å². The smallest absolute Gasteiger partial charge is 0.227 e. The van der Waals surface area contributed by atoms with Crippen LogP contribution in [0.15, 0.2) is 30.6 Å². The lowest BCUT2D eigenvalue weighted by molar-refractivity contribution is -0.136. The van der Waals surface area contributed by atoms with Gasteiger partial charge in [0.25, 0.3) is 0 Å². The molecule has 3 N–H and O–H groups in total. The average molecular weight is 600 g/mol. The third-order valence-corrected chi connectivity index (χ3v) is 8.61. The summed E-state index contributed by atoms with van der Waals surface area (Å²) < 4.78 is 20.6. The fourth-order valence-electron chi connectivity index (χ4n) is 5.88. The molecule has 1 amide bonds. The second-order valence-electron chi connectivity index (χ2n) is 12.2. The first-order valence-corrected chi connectivity index (χ1v) is 16.2. The van der Waals surface area contributed by atoms with Crippen LogP contribution in [0, 0.1) is 17.7 Å². The Morgan fingerprint density at radius 1 is 1.14 bits per heavy atom. The van der Waals surface area contributed by atoms with Gasteiger partial charge in [-0.2, -0.15) is 0 Å². The number of aryl methyl sites for hydroxylation is 1. The van der Waals surface area contributed by atoms with Crippen molar-refractivity contribution in [3.63, 3.8) is 0 Å². The Labute approximate surface area is 255 Å². The van der Waals surface area contributed by atoms with Crippen LogP contribution < -0.4 is 15.0 Å². The zero-order chi connectivity index (χ0) is 30.4. The van der Waals surface area contributed by atoms with Crippen molar-refractivity contribution in [2.24, 2.45) is 11.8 Å². The molecule has 0 aliphatic carbocycles. The predicted molar refractivity (Wildman–Crippen MR) is 166 cm³/mol. The normalized spacial score (nSPS) is 16.7. The number of aromatic nitrogens is 2. The van der Waals surface area contributed by atoms with E-state index in [2.05, 4.69) is 27.1 Å². The minimum atomic E-state index is -0.625. The third-order valence-electron chi connectivity index (χ3n) is 8.61. The Morgan fingerprint density at radius 3 is 2.60 bits per heavy atom. The van der Waals surface area contributed by atoms with E-state index < -0.39 is 11.9 Å². The number of hydrogen-bond acceptors (Lipinski definition) is 8. The number of aliphatic hydroxyl groups is 2. The topological polar surface area (TPSA) is 111 Å². The van der Waals surface area contributed by atoms with Crippen LogP contribution in [0.1, 0.15) is 69.4 Å². The number of piperidine rings is 1. The van der Waals surface area contributed by atoms with Crippen molar-refractivity contribution < 1.29 is 24.1 Å². The minimum absolute atomic E-state index is 0.0482. The van der Waals surface area contributed by atoms with Crippen LogP contribution in [0.25, 0.3) is 0 Å². The molecule has 1 atom stereocenters. The summed E-state index contributed by atoms with van der Waals surface area (Å²) in [6.45, 7) is 7.54. The van der Waals surface area contributed by atoms with Gasteiger partial charge in [-0.1, -0.05) is 19.4 Å². The Kier molecular flexibility index (Phi) is 13.4. The number of carbonyl (C=O) groups excluding carboxylic acids is 1. The molecule has 0 spiro atoms. The summed E-state index contributed by atoms with van der Waals surface area (Å²) in [5, 5.41) is 21.6. The number of likely N-dealkylation sites (tertiary alicyclic amines) is 1. The number of carbonyl (C=O) groups is 1. The Bertz CT molecular complexity index is 1110. The van der Waals surface area contributed by atoms with Gasteiger partial charge in [0.1, 0.15) is 11.6 Å². The number of anilines is 1. The maximum atomic E-state index is 14.7. The quantitative estimate of drug-likeness (QED) is 0.222. The molecule has 2 aromatic rings. The van der Waals surface area contributed by atoms with Crippen LogP contribution in [0.2, 0.25) is 0 Å². The molecule has 2 aliphatic rings. The number of ether oxygens (including phenoxy) is 1. The summed E-state index contributed by atoms with van der Waals surface area (Å²) in [4.78, 5) is 25.8. The summed E-state index contributed by atoms with van der Waals surface area (Å²) in [6, 6.07) is 4.83. The number of benzene rings is 1. The highest BCUT2D eigenvalue weighted by Crippen LogP contribution is 2.25. The van der Waals surface area contributed by atoms with Gasteiger partial charge < -0.3 is 30.1 Å². The zero-order valence-electron chi connectivity index (χ0n) is 25.7. The van der Waals surface area contributed by atoms with Crippen molar-refractivity contribution in [2.45, 2.75) is 77.2 Å². The standard InChI is InChI=1S/C33H50FN5O4/c1-2-6-26-20-36-33(37-21-26)38-14-11-25(12-15-38)7-5-16-43-30-10-9-28(31(34)18-30)17-32(42)39-22-27(23-39)19-35-13-4-3-8-29(41)24-40/h9-10,18,20-21,25,27,29,35,40-41H,2-8,11-17,19,22-24H2,1H3/t29-/m0/s1. The van der Waals surface area contributed by atoms with Crippen molar-refractivity contribution in [3.8, 4) is 5.75 Å². The molecule has 0 saturated carbocycles. The molecule has 2 aliphatic heterocycles. The maximum absolute atomic E-state index is 14.7. The van der Waals surface area contributed by atoms with E-state index in [0.717, 1.165) is 83.5 Å². The van der Waals surface area contributed by atoms with Crippen LogP contribution in [-0.4, -0.2) is 89.6 Å². The molecule has 4 rings (SSSR count). The number of unbranched alkanes of at least 4 members (excludes halogenated alkanes) is 1. The van der Waals surface area contributed by atoms with Crippen LogP contribution in [0.5, 0.6) is 5.75 Å². The van der Waals surface area contributed by atoms with E-state index in [1.165, 1.54) is 11.6 Å². The summed E-state index contributed by atoms with van der Waals surface area (Å²) in [5.41, 5.74) is 1.59. The summed E-state index contributed by atoms with van der Waals surface area (Å²) in [7, 11) is 0. The Hall–Kier alpha value is -2.82. The van der Waals surface area contributed by atoms with Crippen LogP contribution in [0.4, 0.5) is 10.3 Å². The molecular weight excluding hydrogens is 549 g/mol. The summed E-state index contributed by atoms with van der Waals surface area (Å²) >= 11 is 0. The van der Waals surface area contributed by atoms with Crippen molar-refractivity contribution in [3.05, 3.63) is 47.5 Å². The molecule has 0 unspecified atom stereocenters. The largest absolute Gasteiger partial charge is 0.493 e. The van der Waals surface area contributed by atoms with Crippen molar-refractivity contribution >= 4 is 11.9 Å². The van der Waals surface area contributed by atoms with Gasteiger partial charge in [0.2, 0.25) is 11.9 Å². The molecule has 43 heavy (non-hydrogen) atoms. The lowest BCUT2D eigenvalue weighted by Gasteiger charge is -2.39. The number of nitrogens with one attached hydrogen (secondary N) is 1. The number of rotatable bonds is 18. The van der Waals surface area contributed by atoms with Gasteiger partial charge in [-0.3, -0.25) is 4.79 Å².